The number of aryl methyl sites for hydroxylation is 1. The van der Waals surface area contributed by atoms with E-state index in [0.717, 1.165) is 17.8 Å². The van der Waals surface area contributed by atoms with E-state index in [-0.39, 0.29) is 5.56 Å². The molecule has 1 aromatic carbocycles. The first-order valence-corrected chi connectivity index (χ1v) is 3.86. The van der Waals surface area contributed by atoms with Crippen molar-refractivity contribution in [3.63, 3.8) is 0 Å². The summed E-state index contributed by atoms with van der Waals surface area (Å²) in [6.45, 7) is 1.70. The number of benzene rings is 1. The number of hydrogen-bond donors (Lipinski definition) is 1. The minimum atomic E-state index is -4.37. The summed E-state index contributed by atoms with van der Waals surface area (Å²) < 4.78 is 37.2. The van der Waals surface area contributed by atoms with E-state index in [9.17, 15) is 13.2 Å². The first-order valence-electron chi connectivity index (χ1n) is 3.86. The van der Waals surface area contributed by atoms with Gasteiger partial charge in [0.25, 0.3) is 0 Å². The average molecular weight is 202 g/mol. The lowest BCUT2D eigenvalue weighted by Crippen LogP contribution is -2.09. The molecule has 0 aromatic heterocycles. The van der Waals surface area contributed by atoms with Gasteiger partial charge in [-0.2, -0.15) is 18.3 Å². The van der Waals surface area contributed by atoms with Gasteiger partial charge < -0.3 is 5.84 Å². The Labute approximate surface area is 79.2 Å². The number of rotatable bonds is 1. The van der Waals surface area contributed by atoms with Crippen molar-refractivity contribution in [2.45, 2.75) is 13.1 Å². The summed E-state index contributed by atoms with van der Waals surface area (Å²) in [7, 11) is 0. The summed E-state index contributed by atoms with van der Waals surface area (Å²) in [5, 5.41) is 3.10. The first-order chi connectivity index (χ1) is 6.45. The van der Waals surface area contributed by atoms with Gasteiger partial charge in [0, 0.05) is 5.56 Å². The first kappa shape index (κ1) is 10.6. The van der Waals surface area contributed by atoms with Gasteiger partial charge in [0.1, 0.15) is 0 Å². The molecule has 0 bridgehead atoms. The number of hydrogen-bond acceptors (Lipinski definition) is 2. The Bertz CT molecular complexity index is 356. The van der Waals surface area contributed by atoms with Gasteiger partial charge in [-0.25, -0.2) is 0 Å². The van der Waals surface area contributed by atoms with Gasteiger partial charge in [-0.15, -0.1) is 0 Å². The average Bonchev–Trinajstić information content (AvgIpc) is 2.02. The molecule has 2 N–H and O–H groups in total. The number of nitrogens with zero attached hydrogens (tertiary/aromatic N) is 1. The van der Waals surface area contributed by atoms with Gasteiger partial charge in [-0.1, -0.05) is 11.6 Å². The molecule has 0 aliphatic rings. The molecular formula is C9H9F3N2. The maximum atomic E-state index is 12.4. The van der Waals surface area contributed by atoms with E-state index in [1.165, 1.54) is 12.1 Å². The van der Waals surface area contributed by atoms with E-state index < -0.39 is 11.7 Å². The molecule has 0 aliphatic carbocycles. The van der Waals surface area contributed by atoms with Gasteiger partial charge in [0.15, 0.2) is 0 Å². The van der Waals surface area contributed by atoms with Crippen LogP contribution in [-0.2, 0) is 6.18 Å². The topological polar surface area (TPSA) is 38.4 Å². The van der Waals surface area contributed by atoms with E-state index in [4.69, 9.17) is 5.84 Å². The molecule has 14 heavy (non-hydrogen) atoms. The second-order valence-electron chi connectivity index (χ2n) is 2.87. The minimum absolute atomic E-state index is 0.0139. The van der Waals surface area contributed by atoms with Crippen molar-refractivity contribution in [3.05, 3.63) is 34.9 Å². The Hall–Kier alpha value is -1.52. The molecule has 5 heteroatoms. The lowest BCUT2D eigenvalue weighted by molar-refractivity contribution is -0.137. The van der Waals surface area contributed by atoms with Crippen LogP contribution in [0.25, 0.3) is 0 Å². The second-order valence-corrected chi connectivity index (χ2v) is 2.87. The number of halogens is 3. The van der Waals surface area contributed by atoms with Gasteiger partial charge >= 0.3 is 6.18 Å². The summed E-state index contributed by atoms with van der Waals surface area (Å²) in [6.07, 6.45) is -3.37. The summed E-state index contributed by atoms with van der Waals surface area (Å²) in [6, 6.07) is 3.81. The second kappa shape index (κ2) is 3.69. The SMILES string of the molecule is Cc1ccc(C(F)(F)F)c(C=NN)c1. The van der Waals surface area contributed by atoms with Gasteiger partial charge in [0.2, 0.25) is 0 Å². The zero-order valence-corrected chi connectivity index (χ0v) is 7.47. The van der Waals surface area contributed by atoms with Crippen LogP contribution in [0.1, 0.15) is 16.7 Å². The van der Waals surface area contributed by atoms with Gasteiger partial charge in [0.05, 0.1) is 11.8 Å². The fourth-order valence-electron chi connectivity index (χ4n) is 1.13. The molecule has 1 rings (SSSR count). The minimum Gasteiger partial charge on any atom is -0.323 e. The van der Waals surface area contributed by atoms with Crippen LogP contribution in [0.5, 0.6) is 0 Å². The van der Waals surface area contributed by atoms with E-state index in [1.54, 1.807) is 6.92 Å². The van der Waals surface area contributed by atoms with Crippen LogP contribution >= 0.6 is 0 Å². The quantitative estimate of drug-likeness (QED) is 0.423. The molecule has 0 fully saturated rings. The Kier molecular flexibility index (Phi) is 2.78. The summed E-state index contributed by atoms with van der Waals surface area (Å²) in [5.41, 5.74) is -0.00907. The van der Waals surface area contributed by atoms with Crippen LogP contribution < -0.4 is 5.84 Å². The molecule has 76 valence electrons. The van der Waals surface area contributed by atoms with Crippen LogP contribution in [0.2, 0.25) is 0 Å². The van der Waals surface area contributed by atoms with Crippen molar-refractivity contribution >= 4 is 6.21 Å². The highest BCUT2D eigenvalue weighted by atomic mass is 19.4. The fraction of sp³-hybridized carbons (Fsp3) is 0.222. The maximum absolute atomic E-state index is 12.4. The van der Waals surface area contributed by atoms with E-state index >= 15 is 0 Å². The van der Waals surface area contributed by atoms with Gasteiger partial charge in [-0.05, 0) is 19.1 Å². The van der Waals surface area contributed by atoms with Crippen LogP contribution in [-0.4, -0.2) is 6.21 Å². The van der Waals surface area contributed by atoms with Crippen LogP contribution in [0.4, 0.5) is 13.2 Å². The maximum Gasteiger partial charge on any atom is 0.417 e. The molecule has 0 aliphatic heterocycles. The van der Waals surface area contributed by atoms with E-state index in [1.807, 2.05) is 0 Å². The van der Waals surface area contributed by atoms with Crippen molar-refractivity contribution in [3.8, 4) is 0 Å². The highest BCUT2D eigenvalue weighted by molar-refractivity contribution is 5.82. The number of hydrazone groups is 1. The zero-order chi connectivity index (χ0) is 10.8. The lowest BCUT2D eigenvalue weighted by Gasteiger charge is -2.10. The molecule has 0 radical (unpaired) electrons. The van der Waals surface area contributed by atoms with Crippen LogP contribution in [0.3, 0.4) is 0 Å². The number of nitrogens with two attached hydrogens (primary N) is 1. The van der Waals surface area contributed by atoms with Crippen molar-refractivity contribution < 1.29 is 13.2 Å². The standard InChI is InChI=1S/C9H9F3N2/c1-6-2-3-8(9(10,11)12)7(4-6)5-14-13/h2-5H,13H2,1H3. The third-order valence-corrected chi connectivity index (χ3v) is 1.73. The van der Waals surface area contributed by atoms with E-state index in [2.05, 4.69) is 5.10 Å². The van der Waals surface area contributed by atoms with Crippen molar-refractivity contribution in [2.75, 3.05) is 0 Å². The largest absolute Gasteiger partial charge is 0.417 e. The molecule has 0 saturated heterocycles. The zero-order valence-electron chi connectivity index (χ0n) is 7.47. The van der Waals surface area contributed by atoms with Crippen molar-refractivity contribution in [1.82, 2.24) is 0 Å². The molecule has 0 heterocycles. The molecule has 0 spiro atoms. The Morgan fingerprint density at radius 1 is 1.36 bits per heavy atom. The summed E-state index contributed by atoms with van der Waals surface area (Å²) in [5.74, 6) is 4.82. The predicted octanol–water partition coefficient (Wildman–Crippen LogP) is 2.31. The third kappa shape index (κ3) is 2.25. The highest BCUT2D eigenvalue weighted by Crippen LogP contribution is 2.31. The van der Waals surface area contributed by atoms with Crippen molar-refractivity contribution in [1.29, 1.82) is 0 Å². The molecule has 1 aromatic rings. The predicted molar refractivity (Wildman–Crippen MR) is 48.0 cm³/mol. The normalized spacial score (nSPS) is 12.3. The Balaban J connectivity index is 3.29. The molecule has 0 saturated carbocycles. The molecule has 0 unspecified atom stereocenters. The van der Waals surface area contributed by atoms with Crippen LogP contribution in [0, 0.1) is 6.92 Å². The fourth-order valence-corrected chi connectivity index (χ4v) is 1.13. The molecule has 0 amide bonds. The lowest BCUT2D eigenvalue weighted by atomic mass is 10.1. The van der Waals surface area contributed by atoms with Crippen LogP contribution in [0.15, 0.2) is 23.3 Å². The number of alkyl halides is 3. The Morgan fingerprint density at radius 2 is 2.00 bits per heavy atom. The molecule has 2 nitrogen and oxygen atoms in total. The Morgan fingerprint density at radius 3 is 2.50 bits per heavy atom. The highest BCUT2D eigenvalue weighted by Gasteiger charge is 2.32. The third-order valence-electron chi connectivity index (χ3n) is 1.73. The molecular weight excluding hydrogens is 193 g/mol. The smallest absolute Gasteiger partial charge is 0.323 e. The van der Waals surface area contributed by atoms with Crippen molar-refractivity contribution in [2.24, 2.45) is 10.9 Å². The monoisotopic (exact) mass is 202 g/mol. The molecule has 0 atom stereocenters. The summed E-state index contributed by atoms with van der Waals surface area (Å²) >= 11 is 0. The summed E-state index contributed by atoms with van der Waals surface area (Å²) in [4.78, 5) is 0. The van der Waals surface area contributed by atoms with Gasteiger partial charge in [-0.3, -0.25) is 0 Å². The van der Waals surface area contributed by atoms with E-state index in [0.29, 0.717) is 0 Å².